The van der Waals surface area contributed by atoms with Gasteiger partial charge in [0.25, 0.3) is 0 Å². The van der Waals surface area contributed by atoms with Crippen LogP contribution in [0.3, 0.4) is 0 Å². The number of hydrogen-bond donors (Lipinski definition) is 1. The second-order valence-corrected chi connectivity index (χ2v) is 3.95. The Hall–Kier alpha value is -1.86. The topological polar surface area (TPSA) is 66.9 Å². The van der Waals surface area contributed by atoms with Gasteiger partial charge in [0.15, 0.2) is 6.29 Å². The molecule has 0 unspecified atom stereocenters. The number of carbonyl (C=O) groups excluding carboxylic acids is 1. The molecule has 14 heavy (non-hydrogen) atoms. The molecule has 1 aromatic heterocycles. The molecular weight excluding hydrogens is 196 g/mol. The van der Waals surface area contributed by atoms with Gasteiger partial charge in [-0.2, -0.15) is 5.26 Å². The monoisotopic (exact) mass is 202 g/mol. The standard InChI is InChI=1S/C10H6N2OS/c11-4-7-2-8(12)1-6-3-9(5-13)14-10(6)7/h1-3,5H,12H2. The van der Waals surface area contributed by atoms with Crippen molar-refractivity contribution in [2.75, 3.05) is 5.73 Å². The predicted molar refractivity (Wildman–Crippen MR) is 56.3 cm³/mol. The quantitative estimate of drug-likeness (QED) is 0.569. The zero-order valence-corrected chi connectivity index (χ0v) is 7.97. The lowest BCUT2D eigenvalue weighted by Crippen LogP contribution is -1.85. The highest BCUT2D eigenvalue weighted by molar-refractivity contribution is 7.20. The van der Waals surface area contributed by atoms with Crippen molar-refractivity contribution in [2.45, 2.75) is 0 Å². The Labute approximate surface area is 84.4 Å². The molecule has 2 rings (SSSR count). The first kappa shape index (κ1) is 8.73. The lowest BCUT2D eigenvalue weighted by molar-refractivity contribution is 0.112. The predicted octanol–water partition coefficient (Wildman–Crippen LogP) is 2.17. The van der Waals surface area contributed by atoms with Crippen LogP contribution in [0.4, 0.5) is 5.69 Å². The number of aldehydes is 1. The summed E-state index contributed by atoms with van der Waals surface area (Å²) in [5.41, 5.74) is 6.69. The lowest BCUT2D eigenvalue weighted by atomic mass is 10.1. The van der Waals surface area contributed by atoms with Crippen LogP contribution in [0, 0.1) is 11.3 Å². The Bertz CT molecular complexity index is 551. The fourth-order valence-corrected chi connectivity index (χ4v) is 2.26. The van der Waals surface area contributed by atoms with E-state index in [0.717, 1.165) is 16.4 Å². The maximum atomic E-state index is 10.6. The van der Waals surface area contributed by atoms with E-state index in [2.05, 4.69) is 6.07 Å². The molecular formula is C10H6N2OS. The first-order chi connectivity index (χ1) is 6.74. The third-order valence-electron chi connectivity index (χ3n) is 1.89. The Morgan fingerprint density at radius 3 is 2.86 bits per heavy atom. The smallest absolute Gasteiger partial charge is 0.160 e. The Morgan fingerprint density at radius 2 is 2.21 bits per heavy atom. The zero-order valence-electron chi connectivity index (χ0n) is 7.15. The van der Waals surface area contributed by atoms with Crippen molar-refractivity contribution < 1.29 is 4.79 Å². The summed E-state index contributed by atoms with van der Waals surface area (Å²) in [5.74, 6) is 0. The van der Waals surface area contributed by atoms with E-state index in [1.54, 1.807) is 18.2 Å². The largest absolute Gasteiger partial charge is 0.399 e. The van der Waals surface area contributed by atoms with Gasteiger partial charge in [-0.1, -0.05) is 0 Å². The van der Waals surface area contributed by atoms with E-state index < -0.39 is 0 Å². The molecule has 0 saturated carbocycles. The highest BCUT2D eigenvalue weighted by Crippen LogP contribution is 2.29. The number of nitrogen functional groups attached to an aromatic ring is 1. The molecule has 3 nitrogen and oxygen atoms in total. The van der Waals surface area contributed by atoms with Crippen molar-refractivity contribution in [3.05, 3.63) is 28.6 Å². The summed E-state index contributed by atoms with van der Waals surface area (Å²) < 4.78 is 0.823. The van der Waals surface area contributed by atoms with Crippen LogP contribution in [0.5, 0.6) is 0 Å². The molecule has 0 spiro atoms. The van der Waals surface area contributed by atoms with Gasteiger partial charge in [0.05, 0.1) is 15.1 Å². The number of hydrogen-bond acceptors (Lipinski definition) is 4. The van der Waals surface area contributed by atoms with Gasteiger partial charge in [-0.05, 0) is 23.6 Å². The highest BCUT2D eigenvalue weighted by atomic mass is 32.1. The Balaban J connectivity index is 2.86. The molecule has 68 valence electrons. The molecule has 2 N–H and O–H groups in total. The molecule has 0 aliphatic rings. The van der Waals surface area contributed by atoms with Crippen molar-refractivity contribution in [1.29, 1.82) is 5.26 Å². The van der Waals surface area contributed by atoms with Gasteiger partial charge in [0, 0.05) is 5.69 Å². The van der Waals surface area contributed by atoms with Crippen LogP contribution < -0.4 is 5.73 Å². The van der Waals surface area contributed by atoms with Crippen molar-refractivity contribution >= 4 is 33.4 Å². The lowest BCUT2D eigenvalue weighted by Gasteiger charge is -1.95. The van der Waals surface area contributed by atoms with E-state index in [1.807, 2.05) is 0 Å². The number of rotatable bonds is 1. The summed E-state index contributed by atoms with van der Waals surface area (Å²) in [6.45, 7) is 0. The SMILES string of the molecule is N#Cc1cc(N)cc2cc(C=O)sc12. The van der Waals surface area contributed by atoms with Crippen LogP contribution in [-0.4, -0.2) is 6.29 Å². The minimum atomic E-state index is 0.526. The average molecular weight is 202 g/mol. The second kappa shape index (κ2) is 3.13. The molecule has 0 fully saturated rings. The van der Waals surface area contributed by atoms with Crippen molar-refractivity contribution in [3.63, 3.8) is 0 Å². The number of anilines is 1. The molecule has 0 aliphatic carbocycles. The number of benzene rings is 1. The fraction of sp³-hybridized carbons (Fsp3) is 0. The van der Waals surface area contributed by atoms with Gasteiger partial charge in [-0.3, -0.25) is 4.79 Å². The molecule has 2 aromatic rings. The normalized spacial score (nSPS) is 9.93. The fourth-order valence-electron chi connectivity index (χ4n) is 1.34. The molecule has 4 heteroatoms. The maximum Gasteiger partial charge on any atom is 0.160 e. The van der Waals surface area contributed by atoms with E-state index in [1.165, 1.54) is 11.3 Å². The van der Waals surface area contributed by atoms with Gasteiger partial charge < -0.3 is 5.73 Å². The van der Waals surface area contributed by atoms with Gasteiger partial charge >= 0.3 is 0 Å². The summed E-state index contributed by atoms with van der Waals surface area (Å²) in [4.78, 5) is 11.2. The molecule has 0 bridgehead atoms. The van der Waals surface area contributed by atoms with Crippen LogP contribution >= 0.6 is 11.3 Å². The first-order valence-corrected chi connectivity index (χ1v) is 4.74. The van der Waals surface area contributed by atoms with Crippen LogP contribution in [-0.2, 0) is 0 Å². The van der Waals surface area contributed by atoms with E-state index in [-0.39, 0.29) is 0 Å². The summed E-state index contributed by atoms with van der Waals surface area (Å²) in [6.07, 6.45) is 0.780. The van der Waals surface area contributed by atoms with E-state index in [0.29, 0.717) is 16.1 Å². The highest BCUT2D eigenvalue weighted by Gasteiger charge is 2.06. The first-order valence-electron chi connectivity index (χ1n) is 3.93. The number of fused-ring (bicyclic) bond motifs is 1. The van der Waals surface area contributed by atoms with E-state index in [4.69, 9.17) is 11.0 Å². The van der Waals surface area contributed by atoms with Gasteiger partial charge in [0.1, 0.15) is 6.07 Å². The van der Waals surface area contributed by atoms with Crippen LogP contribution in [0.25, 0.3) is 10.1 Å². The average Bonchev–Trinajstić information content (AvgIpc) is 2.59. The minimum Gasteiger partial charge on any atom is -0.399 e. The molecule has 1 heterocycles. The third-order valence-corrected chi connectivity index (χ3v) is 3.00. The molecule has 1 aromatic carbocycles. The number of nitrogens with two attached hydrogens (primary N) is 1. The van der Waals surface area contributed by atoms with Crippen LogP contribution in [0.1, 0.15) is 15.2 Å². The van der Waals surface area contributed by atoms with Crippen molar-refractivity contribution in [3.8, 4) is 6.07 Å². The van der Waals surface area contributed by atoms with E-state index in [9.17, 15) is 4.79 Å². The van der Waals surface area contributed by atoms with Gasteiger partial charge in [-0.25, -0.2) is 0 Å². The minimum absolute atomic E-state index is 0.526. The van der Waals surface area contributed by atoms with Crippen LogP contribution in [0.2, 0.25) is 0 Å². The van der Waals surface area contributed by atoms with Crippen molar-refractivity contribution in [1.82, 2.24) is 0 Å². The molecule has 0 saturated heterocycles. The summed E-state index contributed by atoms with van der Waals surface area (Å²) in [7, 11) is 0. The molecule has 0 radical (unpaired) electrons. The van der Waals surface area contributed by atoms with Crippen molar-refractivity contribution in [2.24, 2.45) is 0 Å². The third kappa shape index (κ3) is 1.24. The molecule has 0 amide bonds. The Morgan fingerprint density at radius 1 is 1.43 bits per heavy atom. The van der Waals surface area contributed by atoms with Gasteiger partial charge in [0.2, 0.25) is 0 Å². The number of nitrogens with zero attached hydrogens (tertiary/aromatic N) is 1. The van der Waals surface area contributed by atoms with Crippen LogP contribution in [0.15, 0.2) is 18.2 Å². The number of nitriles is 1. The Kier molecular flexibility index (Phi) is 1.95. The van der Waals surface area contributed by atoms with Gasteiger partial charge in [-0.15, -0.1) is 11.3 Å². The molecule has 0 atom stereocenters. The number of carbonyl (C=O) groups is 1. The zero-order chi connectivity index (χ0) is 10.1. The molecule has 0 aliphatic heterocycles. The maximum absolute atomic E-state index is 10.6. The summed E-state index contributed by atoms with van der Waals surface area (Å²) in [6, 6.07) is 7.19. The second-order valence-electron chi connectivity index (χ2n) is 2.87. The summed E-state index contributed by atoms with van der Waals surface area (Å²) in [5, 5.41) is 9.71. The summed E-state index contributed by atoms with van der Waals surface area (Å²) >= 11 is 1.31. The van der Waals surface area contributed by atoms with E-state index >= 15 is 0 Å². The number of thiophene rings is 1.